The third-order valence-corrected chi connectivity index (χ3v) is 4.73. The average molecular weight is 324 g/mol. The second-order valence-electron chi connectivity index (χ2n) is 6.30. The minimum Gasteiger partial charge on any atom is -0.497 e. The summed E-state index contributed by atoms with van der Waals surface area (Å²) in [6, 6.07) is 12.2. The van der Waals surface area contributed by atoms with Crippen LogP contribution in [-0.4, -0.2) is 35.5 Å². The normalized spacial score (nSPS) is 17.0. The summed E-state index contributed by atoms with van der Waals surface area (Å²) >= 11 is 0. The Morgan fingerprint density at radius 3 is 2.62 bits per heavy atom. The van der Waals surface area contributed by atoms with Crippen molar-refractivity contribution in [2.24, 2.45) is 0 Å². The molecule has 0 aliphatic carbocycles. The SMILES string of the molecule is COc1ccc(CC(=O)N2CCC[C@@H]2CCc2ccncc2)cc1. The van der Waals surface area contributed by atoms with Crippen molar-refractivity contribution in [1.29, 1.82) is 0 Å². The average Bonchev–Trinajstić information content (AvgIpc) is 3.10. The monoisotopic (exact) mass is 324 g/mol. The van der Waals surface area contributed by atoms with Gasteiger partial charge in [0.1, 0.15) is 5.75 Å². The van der Waals surface area contributed by atoms with Crippen LogP contribution in [0.1, 0.15) is 30.4 Å². The van der Waals surface area contributed by atoms with Gasteiger partial charge in [-0.15, -0.1) is 0 Å². The van der Waals surface area contributed by atoms with Gasteiger partial charge < -0.3 is 9.64 Å². The van der Waals surface area contributed by atoms with Gasteiger partial charge in [0.2, 0.25) is 5.91 Å². The quantitative estimate of drug-likeness (QED) is 0.819. The maximum Gasteiger partial charge on any atom is 0.227 e. The molecule has 4 heteroatoms. The second kappa shape index (κ2) is 7.95. The molecule has 1 fully saturated rings. The lowest BCUT2D eigenvalue weighted by atomic mass is 10.0. The van der Waals surface area contributed by atoms with Crippen LogP contribution in [0.5, 0.6) is 5.75 Å². The molecule has 0 unspecified atom stereocenters. The number of carbonyl (C=O) groups excluding carboxylic acids is 1. The molecule has 0 bridgehead atoms. The summed E-state index contributed by atoms with van der Waals surface area (Å²) in [5.41, 5.74) is 2.33. The van der Waals surface area contributed by atoms with Crippen LogP contribution in [-0.2, 0) is 17.6 Å². The number of aryl methyl sites for hydroxylation is 1. The summed E-state index contributed by atoms with van der Waals surface area (Å²) in [4.78, 5) is 18.8. The fraction of sp³-hybridized carbons (Fsp3) is 0.400. The largest absolute Gasteiger partial charge is 0.497 e. The molecule has 1 aliphatic rings. The Labute approximate surface area is 143 Å². The molecule has 1 aromatic carbocycles. The number of rotatable bonds is 6. The van der Waals surface area contributed by atoms with Crippen molar-refractivity contribution in [2.75, 3.05) is 13.7 Å². The first-order chi connectivity index (χ1) is 11.8. The van der Waals surface area contributed by atoms with Crippen molar-refractivity contribution in [3.63, 3.8) is 0 Å². The van der Waals surface area contributed by atoms with Crippen molar-refractivity contribution < 1.29 is 9.53 Å². The first-order valence-corrected chi connectivity index (χ1v) is 8.57. The van der Waals surface area contributed by atoms with Gasteiger partial charge in [0.15, 0.2) is 0 Å². The van der Waals surface area contributed by atoms with Crippen molar-refractivity contribution in [3.05, 3.63) is 59.9 Å². The maximum absolute atomic E-state index is 12.7. The van der Waals surface area contributed by atoms with Gasteiger partial charge in [0, 0.05) is 25.0 Å². The van der Waals surface area contributed by atoms with E-state index in [1.165, 1.54) is 5.56 Å². The molecule has 1 aliphatic heterocycles. The highest BCUT2D eigenvalue weighted by Gasteiger charge is 2.28. The van der Waals surface area contributed by atoms with Crippen LogP contribution in [0.2, 0.25) is 0 Å². The molecule has 4 nitrogen and oxygen atoms in total. The molecule has 3 rings (SSSR count). The highest BCUT2D eigenvalue weighted by atomic mass is 16.5. The number of methoxy groups -OCH3 is 1. The molecule has 1 amide bonds. The predicted octanol–water partition coefficient (Wildman–Crippen LogP) is 3.26. The number of hydrogen-bond acceptors (Lipinski definition) is 3. The minimum absolute atomic E-state index is 0.234. The molecular weight excluding hydrogens is 300 g/mol. The van der Waals surface area contributed by atoms with Crippen LogP contribution in [0, 0.1) is 0 Å². The fourth-order valence-corrected chi connectivity index (χ4v) is 3.37. The number of likely N-dealkylation sites (tertiary alicyclic amines) is 1. The number of amides is 1. The van der Waals surface area contributed by atoms with E-state index in [0.717, 1.165) is 43.5 Å². The van der Waals surface area contributed by atoms with Crippen molar-refractivity contribution in [3.8, 4) is 5.75 Å². The Morgan fingerprint density at radius 1 is 1.17 bits per heavy atom. The molecule has 2 heterocycles. The Bertz CT molecular complexity index is 655. The van der Waals surface area contributed by atoms with Crippen LogP contribution in [0.4, 0.5) is 0 Å². The topological polar surface area (TPSA) is 42.4 Å². The third kappa shape index (κ3) is 4.13. The van der Waals surface area contributed by atoms with Gasteiger partial charge in [-0.1, -0.05) is 12.1 Å². The third-order valence-electron chi connectivity index (χ3n) is 4.73. The van der Waals surface area contributed by atoms with Crippen LogP contribution in [0.15, 0.2) is 48.8 Å². The van der Waals surface area contributed by atoms with Crippen molar-refractivity contribution in [2.45, 2.75) is 38.1 Å². The van der Waals surface area contributed by atoms with E-state index in [1.807, 2.05) is 36.7 Å². The zero-order valence-electron chi connectivity index (χ0n) is 14.1. The zero-order valence-corrected chi connectivity index (χ0v) is 14.1. The van der Waals surface area contributed by atoms with Crippen LogP contribution < -0.4 is 4.74 Å². The van der Waals surface area contributed by atoms with Crippen molar-refractivity contribution in [1.82, 2.24) is 9.88 Å². The van der Waals surface area contributed by atoms with E-state index in [2.05, 4.69) is 22.0 Å². The summed E-state index contributed by atoms with van der Waals surface area (Å²) in [5, 5.41) is 0. The molecular formula is C20H24N2O2. The number of hydrogen-bond donors (Lipinski definition) is 0. The Balaban J connectivity index is 1.56. The Morgan fingerprint density at radius 2 is 1.92 bits per heavy atom. The van der Waals surface area contributed by atoms with E-state index in [0.29, 0.717) is 12.5 Å². The predicted molar refractivity (Wildman–Crippen MR) is 94.0 cm³/mol. The highest BCUT2D eigenvalue weighted by molar-refractivity contribution is 5.79. The number of ether oxygens (including phenoxy) is 1. The van der Waals surface area contributed by atoms with Crippen LogP contribution in [0.3, 0.4) is 0 Å². The van der Waals surface area contributed by atoms with Crippen LogP contribution in [0.25, 0.3) is 0 Å². The first kappa shape index (κ1) is 16.5. The van der Waals surface area contributed by atoms with Gasteiger partial charge in [-0.2, -0.15) is 0 Å². The number of carbonyl (C=O) groups is 1. The van der Waals surface area contributed by atoms with E-state index in [9.17, 15) is 4.79 Å². The molecule has 1 aromatic heterocycles. The summed E-state index contributed by atoms with van der Waals surface area (Å²) in [6.45, 7) is 0.885. The molecule has 0 N–H and O–H groups in total. The van der Waals surface area contributed by atoms with E-state index >= 15 is 0 Å². The molecule has 0 radical (unpaired) electrons. The zero-order chi connectivity index (χ0) is 16.8. The summed E-state index contributed by atoms with van der Waals surface area (Å²) in [5.74, 6) is 1.06. The minimum atomic E-state index is 0.234. The van der Waals surface area contributed by atoms with Gasteiger partial charge in [0.05, 0.1) is 13.5 Å². The molecule has 2 aromatic rings. The number of benzene rings is 1. The fourth-order valence-electron chi connectivity index (χ4n) is 3.37. The molecule has 24 heavy (non-hydrogen) atoms. The molecule has 0 saturated carbocycles. The molecule has 126 valence electrons. The number of aromatic nitrogens is 1. The maximum atomic E-state index is 12.7. The smallest absolute Gasteiger partial charge is 0.227 e. The van der Waals surface area contributed by atoms with Gasteiger partial charge in [-0.05, 0) is 61.1 Å². The molecule has 1 atom stereocenters. The highest BCUT2D eigenvalue weighted by Crippen LogP contribution is 2.23. The lowest BCUT2D eigenvalue weighted by molar-refractivity contribution is -0.131. The number of nitrogens with zero attached hydrogens (tertiary/aromatic N) is 2. The summed E-state index contributed by atoms with van der Waals surface area (Å²) in [7, 11) is 1.65. The first-order valence-electron chi connectivity index (χ1n) is 8.57. The summed E-state index contributed by atoms with van der Waals surface area (Å²) < 4.78 is 5.17. The van der Waals surface area contributed by atoms with E-state index < -0.39 is 0 Å². The van der Waals surface area contributed by atoms with Gasteiger partial charge >= 0.3 is 0 Å². The van der Waals surface area contributed by atoms with Gasteiger partial charge in [-0.3, -0.25) is 9.78 Å². The van der Waals surface area contributed by atoms with E-state index in [-0.39, 0.29) is 5.91 Å². The molecule has 0 spiro atoms. The van der Waals surface area contributed by atoms with Crippen LogP contribution >= 0.6 is 0 Å². The standard InChI is InChI=1S/C20H24N2O2/c1-24-19-8-5-17(6-9-19)15-20(23)22-14-2-3-18(22)7-4-16-10-12-21-13-11-16/h5-6,8-13,18H,2-4,7,14-15H2,1H3/t18-/m1/s1. The lowest BCUT2D eigenvalue weighted by Crippen LogP contribution is -2.36. The number of pyridine rings is 1. The second-order valence-corrected chi connectivity index (χ2v) is 6.30. The van der Waals surface area contributed by atoms with Gasteiger partial charge in [0.25, 0.3) is 0 Å². The molecule has 1 saturated heterocycles. The lowest BCUT2D eigenvalue weighted by Gasteiger charge is -2.25. The van der Waals surface area contributed by atoms with E-state index in [1.54, 1.807) is 7.11 Å². The Hall–Kier alpha value is -2.36. The summed E-state index contributed by atoms with van der Waals surface area (Å²) in [6.07, 6.45) is 8.37. The van der Waals surface area contributed by atoms with E-state index in [4.69, 9.17) is 4.74 Å². The van der Waals surface area contributed by atoms with Crippen molar-refractivity contribution >= 4 is 5.91 Å². The van der Waals surface area contributed by atoms with Gasteiger partial charge in [-0.25, -0.2) is 0 Å². The Kier molecular flexibility index (Phi) is 5.47.